The summed E-state index contributed by atoms with van der Waals surface area (Å²) in [4.78, 5) is 13.8. The minimum atomic E-state index is -0.737. The SMILES string of the molecule is CCN(CC)c1cnn(CC(Cl)C#N)c(=O)c1. The highest BCUT2D eigenvalue weighted by molar-refractivity contribution is 6.22. The number of aromatic nitrogens is 2. The lowest BCUT2D eigenvalue weighted by atomic mass is 10.4. The minimum Gasteiger partial charge on any atom is -0.371 e. The lowest BCUT2D eigenvalue weighted by Gasteiger charge is -2.20. The van der Waals surface area contributed by atoms with Gasteiger partial charge in [-0.25, -0.2) is 4.68 Å². The minimum absolute atomic E-state index is 0.107. The molecule has 0 aromatic carbocycles. The van der Waals surface area contributed by atoms with Crippen LogP contribution in [0, 0.1) is 11.3 Å². The highest BCUT2D eigenvalue weighted by Gasteiger charge is 2.08. The maximum atomic E-state index is 11.7. The molecule has 92 valence electrons. The predicted molar refractivity (Wildman–Crippen MR) is 67.3 cm³/mol. The molecule has 1 atom stereocenters. The molecule has 0 N–H and O–H groups in total. The average molecular weight is 255 g/mol. The van der Waals surface area contributed by atoms with Gasteiger partial charge in [-0.05, 0) is 13.8 Å². The predicted octanol–water partition coefficient (Wildman–Crippen LogP) is 1.22. The fraction of sp³-hybridized carbons (Fsp3) is 0.545. The zero-order valence-corrected chi connectivity index (χ0v) is 10.7. The van der Waals surface area contributed by atoms with Crippen LogP contribution in [0.2, 0.25) is 0 Å². The van der Waals surface area contributed by atoms with E-state index in [-0.39, 0.29) is 12.1 Å². The van der Waals surface area contributed by atoms with Gasteiger partial charge in [0.25, 0.3) is 5.56 Å². The first kappa shape index (κ1) is 13.5. The van der Waals surface area contributed by atoms with Gasteiger partial charge in [0.1, 0.15) is 5.38 Å². The van der Waals surface area contributed by atoms with Gasteiger partial charge >= 0.3 is 0 Å². The Labute approximate surface area is 105 Å². The van der Waals surface area contributed by atoms with Crippen molar-refractivity contribution >= 4 is 17.3 Å². The number of hydrogen-bond donors (Lipinski definition) is 0. The van der Waals surface area contributed by atoms with Crippen LogP contribution in [0.4, 0.5) is 5.69 Å². The van der Waals surface area contributed by atoms with Gasteiger partial charge in [0.05, 0.1) is 24.5 Å². The Kier molecular flexibility index (Phi) is 4.98. The zero-order valence-electron chi connectivity index (χ0n) is 9.93. The highest BCUT2D eigenvalue weighted by atomic mass is 35.5. The highest BCUT2D eigenvalue weighted by Crippen LogP contribution is 2.08. The van der Waals surface area contributed by atoms with Crippen molar-refractivity contribution in [1.29, 1.82) is 5.26 Å². The summed E-state index contributed by atoms with van der Waals surface area (Å²) in [6.45, 7) is 5.77. The van der Waals surface area contributed by atoms with Crippen molar-refractivity contribution in [2.45, 2.75) is 25.8 Å². The van der Waals surface area contributed by atoms with Crippen LogP contribution in [0.1, 0.15) is 13.8 Å². The van der Waals surface area contributed by atoms with Crippen LogP contribution < -0.4 is 10.5 Å². The van der Waals surface area contributed by atoms with Crippen LogP contribution in [0.5, 0.6) is 0 Å². The van der Waals surface area contributed by atoms with Crippen LogP contribution in [0.25, 0.3) is 0 Å². The first-order valence-corrected chi connectivity index (χ1v) is 5.91. The van der Waals surface area contributed by atoms with Crippen LogP contribution in [0.3, 0.4) is 0 Å². The van der Waals surface area contributed by atoms with E-state index in [1.54, 1.807) is 6.20 Å². The molecule has 1 unspecified atom stereocenters. The smallest absolute Gasteiger partial charge is 0.268 e. The van der Waals surface area contributed by atoms with Crippen molar-refractivity contribution in [1.82, 2.24) is 9.78 Å². The molecule has 0 bridgehead atoms. The maximum Gasteiger partial charge on any atom is 0.268 e. The molecular formula is C11H15ClN4O. The number of halogens is 1. The standard InChI is InChI=1S/C11H15ClN4O/c1-3-15(4-2)10-5-11(17)16(14-7-10)8-9(12)6-13/h5,7,9H,3-4,8H2,1-2H3. The third kappa shape index (κ3) is 3.46. The quantitative estimate of drug-likeness (QED) is 0.742. The molecule has 0 aliphatic heterocycles. The van der Waals surface area contributed by atoms with Gasteiger partial charge in [-0.15, -0.1) is 11.6 Å². The second-order valence-electron chi connectivity index (χ2n) is 3.50. The van der Waals surface area contributed by atoms with E-state index in [4.69, 9.17) is 16.9 Å². The molecule has 6 heteroatoms. The van der Waals surface area contributed by atoms with Crippen molar-refractivity contribution in [3.05, 3.63) is 22.6 Å². The molecule has 0 fully saturated rings. The number of alkyl halides is 1. The second kappa shape index (κ2) is 6.26. The number of rotatable bonds is 5. The van der Waals surface area contributed by atoms with Gasteiger partial charge in [-0.2, -0.15) is 10.4 Å². The lowest BCUT2D eigenvalue weighted by Crippen LogP contribution is -2.29. The summed E-state index contributed by atoms with van der Waals surface area (Å²) in [7, 11) is 0. The van der Waals surface area contributed by atoms with E-state index >= 15 is 0 Å². The molecule has 0 saturated heterocycles. The Hall–Kier alpha value is -1.54. The van der Waals surface area contributed by atoms with Crippen molar-refractivity contribution in [2.75, 3.05) is 18.0 Å². The molecule has 0 amide bonds. The Morgan fingerprint density at radius 1 is 1.59 bits per heavy atom. The van der Waals surface area contributed by atoms with Gasteiger partial charge < -0.3 is 4.90 Å². The van der Waals surface area contributed by atoms with E-state index in [2.05, 4.69) is 5.10 Å². The Balaban J connectivity index is 2.94. The molecule has 0 radical (unpaired) electrons. The first-order valence-electron chi connectivity index (χ1n) is 5.48. The van der Waals surface area contributed by atoms with E-state index in [1.165, 1.54) is 10.7 Å². The number of hydrogen-bond acceptors (Lipinski definition) is 4. The first-order chi connectivity index (χ1) is 8.12. The van der Waals surface area contributed by atoms with Gasteiger partial charge in [0.2, 0.25) is 0 Å². The van der Waals surface area contributed by atoms with E-state index in [1.807, 2.05) is 24.8 Å². The number of anilines is 1. The van der Waals surface area contributed by atoms with E-state index in [0.29, 0.717) is 0 Å². The molecule has 1 heterocycles. The van der Waals surface area contributed by atoms with E-state index in [0.717, 1.165) is 18.8 Å². The third-order valence-corrected chi connectivity index (χ3v) is 2.69. The molecule has 17 heavy (non-hydrogen) atoms. The molecule has 0 aliphatic rings. The van der Waals surface area contributed by atoms with Gasteiger partial charge in [-0.3, -0.25) is 4.79 Å². The zero-order chi connectivity index (χ0) is 12.8. The molecule has 1 aromatic rings. The van der Waals surface area contributed by atoms with Gasteiger partial charge in [0, 0.05) is 19.2 Å². The summed E-state index contributed by atoms with van der Waals surface area (Å²) in [6.07, 6.45) is 1.62. The average Bonchev–Trinajstić information content (AvgIpc) is 2.33. The fourth-order valence-electron chi connectivity index (χ4n) is 1.52. The number of nitrogens with zero attached hydrogens (tertiary/aromatic N) is 4. The molecule has 0 aliphatic carbocycles. The molecule has 0 saturated carbocycles. The summed E-state index contributed by atoms with van der Waals surface area (Å²) in [5.74, 6) is 0. The van der Waals surface area contributed by atoms with Crippen LogP contribution in [-0.2, 0) is 6.54 Å². The Morgan fingerprint density at radius 2 is 2.24 bits per heavy atom. The normalized spacial score (nSPS) is 11.9. The Bertz CT molecular complexity index is 461. The summed E-state index contributed by atoms with van der Waals surface area (Å²) in [5.41, 5.74) is 0.551. The van der Waals surface area contributed by atoms with Crippen molar-refractivity contribution in [2.24, 2.45) is 0 Å². The molecule has 0 spiro atoms. The fourth-order valence-corrected chi connectivity index (χ4v) is 1.65. The van der Waals surface area contributed by atoms with Crippen LogP contribution in [0.15, 0.2) is 17.1 Å². The van der Waals surface area contributed by atoms with Gasteiger partial charge in [0.15, 0.2) is 0 Å². The second-order valence-corrected chi connectivity index (χ2v) is 4.03. The molecular weight excluding hydrogens is 240 g/mol. The van der Waals surface area contributed by atoms with E-state index < -0.39 is 5.38 Å². The summed E-state index contributed by atoms with van der Waals surface area (Å²) >= 11 is 5.66. The molecule has 5 nitrogen and oxygen atoms in total. The van der Waals surface area contributed by atoms with E-state index in [9.17, 15) is 4.79 Å². The largest absolute Gasteiger partial charge is 0.371 e. The lowest BCUT2D eigenvalue weighted by molar-refractivity contribution is 0.591. The van der Waals surface area contributed by atoms with Crippen molar-refractivity contribution in [3.8, 4) is 6.07 Å². The van der Waals surface area contributed by atoms with Crippen LogP contribution >= 0.6 is 11.6 Å². The summed E-state index contributed by atoms with van der Waals surface area (Å²) in [6, 6.07) is 3.37. The van der Waals surface area contributed by atoms with Crippen molar-refractivity contribution < 1.29 is 0 Å². The molecule has 1 aromatic heterocycles. The topological polar surface area (TPSA) is 61.9 Å². The third-order valence-electron chi connectivity index (χ3n) is 2.46. The van der Waals surface area contributed by atoms with Gasteiger partial charge in [-0.1, -0.05) is 0 Å². The van der Waals surface area contributed by atoms with Crippen LogP contribution in [-0.4, -0.2) is 28.2 Å². The summed E-state index contributed by atoms with van der Waals surface area (Å²) < 4.78 is 1.20. The summed E-state index contributed by atoms with van der Waals surface area (Å²) in [5, 5.41) is 11.8. The monoisotopic (exact) mass is 254 g/mol. The maximum absolute atomic E-state index is 11.7. The number of nitriles is 1. The molecule has 1 rings (SSSR count). The van der Waals surface area contributed by atoms with Crippen molar-refractivity contribution in [3.63, 3.8) is 0 Å². The Morgan fingerprint density at radius 3 is 2.71 bits per heavy atom.